The van der Waals surface area contributed by atoms with Crippen LogP contribution in [0.15, 0.2) is 97.1 Å². The van der Waals surface area contributed by atoms with Crippen LogP contribution in [0.1, 0.15) is 12.5 Å². The minimum atomic E-state index is -0.0984. The third-order valence-electron chi connectivity index (χ3n) is 5.75. The molecular weight excluding hydrogens is 350 g/mol. The van der Waals surface area contributed by atoms with E-state index >= 15 is 0 Å². The molecule has 1 aliphatic carbocycles. The van der Waals surface area contributed by atoms with Gasteiger partial charge in [0.05, 0.1) is 6.04 Å². The minimum absolute atomic E-state index is 0.0984. The highest BCUT2D eigenvalue weighted by Crippen LogP contribution is 2.54. The van der Waals surface area contributed by atoms with Gasteiger partial charge in [-0.2, -0.15) is 0 Å². The molecule has 1 heterocycles. The summed E-state index contributed by atoms with van der Waals surface area (Å²) in [5.74, 6) is 0. The van der Waals surface area contributed by atoms with Crippen molar-refractivity contribution in [3.05, 3.63) is 108 Å². The van der Waals surface area contributed by atoms with Crippen LogP contribution in [-0.4, -0.2) is 6.04 Å². The molecule has 2 atom stereocenters. The summed E-state index contributed by atoms with van der Waals surface area (Å²) in [6, 6.07) is 25.7. The van der Waals surface area contributed by atoms with Crippen molar-refractivity contribution in [1.29, 1.82) is 0 Å². The van der Waals surface area contributed by atoms with Crippen LogP contribution in [0.25, 0.3) is 11.1 Å². The lowest BCUT2D eigenvalue weighted by Gasteiger charge is -2.35. The Kier molecular flexibility index (Phi) is 3.73. The summed E-state index contributed by atoms with van der Waals surface area (Å²) in [6.07, 6.45) is 8.99. The first-order chi connectivity index (χ1) is 13.2. The van der Waals surface area contributed by atoms with Gasteiger partial charge in [0.15, 0.2) is 0 Å². The van der Waals surface area contributed by atoms with Crippen molar-refractivity contribution in [1.82, 2.24) is 0 Å². The van der Waals surface area contributed by atoms with E-state index < -0.39 is 0 Å². The molecule has 2 aliphatic rings. The largest absolute Gasteiger partial charge is 0.333 e. The molecule has 0 radical (unpaired) electrons. The van der Waals surface area contributed by atoms with Crippen LogP contribution >= 0.6 is 11.6 Å². The van der Waals surface area contributed by atoms with E-state index in [1.165, 1.54) is 22.5 Å². The topological polar surface area (TPSA) is 3.24 Å². The zero-order valence-corrected chi connectivity index (χ0v) is 15.9. The number of benzene rings is 3. The molecule has 0 amide bonds. The number of fused-ring (bicyclic) bond motifs is 3. The second-order valence-electron chi connectivity index (χ2n) is 7.39. The van der Waals surface area contributed by atoms with Crippen molar-refractivity contribution in [2.45, 2.75) is 18.4 Å². The molecule has 1 nitrogen and oxygen atoms in total. The fraction of sp³-hybridized carbons (Fsp3) is 0.120. The molecule has 5 rings (SSSR count). The predicted molar refractivity (Wildman–Crippen MR) is 115 cm³/mol. The van der Waals surface area contributed by atoms with Gasteiger partial charge in [-0.25, -0.2) is 0 Å². The Morgan fingerprint density at radius 1 is 0.889 bits per heavy atom. The van der Waals surface area contributed by atoms with Crippen molar-refractivity contribution in [2.24, 2.45) is 0 Å². The average Bonchev–Trinajstić information content (AvgIpc) is 2.97. The fourth-order valence-corrected chi connectivity index (χ4v) is 4.74. The Morgan fingerprint density at radius 2 is 1.70 bits per heavy atom. The summed E-state index contributed by atoms with van der Waals surface area (Å²) >= 11 is 6.31. The molecule has 132 valence electrons. The van der Waals surface area contributed by atoms with Crippen LogP contribution in [0.5, 0.6) is 0 Å². The first-order valence-electron chi connectivity index (χ1n) is 9.28. The quantitative estimate of drug-likeness (QED) is 0.474. The van der Waals surface area contributed by atoms with E-state index in [4.69, 9.17) is 11.6 Å². The molecule has 3 aromatic rings. The number of para-hydroxylation sites is 1. The second-order valence-corrected chi connectivity index (χ2v) is 7.82. The molecule has 0 bridgehead atoms. The van der Waals surface area contributed by atoms with Crippen molar-refractivity contribution in [2.75, 3.05) is 4.90 Å². The maximum absolute atomic E-state index is 6.31. The smallest absolute Gasteiger partial charge is 0.0655 e. The fourth-order valence-electron chi connectivity index (χ4n) is 4.55. The molecule has 2 unspecified atom stereocenters. The molecule has 1 aliphatic heterocycles. The van der Waals surface area contributed by atoms with Gasteiger partial charge in [-0.3, -0.25) is 0 Å². The van der Waals surface area contributed by atoms with Crippen molar-refractivity contribution < 1.29 is 0 Å². The number of hydrogen-bond donors (Lipinski definition) is 0. The Morgan fingerprint density at radius 3 is 2.52 bits per heavy atom. The van der Waals surface area contributed by atoms with Crippen molar-refractivity contribution in [3.8, 4) is 11.1 Å². The molecule has 3 aromatic carbocycles. The molecule has 2 heteroatoms. The van der Waals surface area contributed by atoms with E-state index in [0.717, 1.165) is 10.6 Å². The van der Waals surface area contributed by atoms with Crippen molar-refractivity contribution in [3.63, 3.8) is 0 Å². The van der Waals surface area contributed by atoms with Gasteiger partial charge in [0, 0.05) is 21.8 Å². The number of allylic oxidation sites excluding steroid dienone is 2. The summed E-state index contributed by atoms with van der Waals surface area (Å²) in [5.41, 5.74) is 6.16. The maximum Gasteiger partial charge on any atom is 0.0655 e. The van der Waals surface area contributed by atoms with E-state index in [1.54, 1.807) is 0 Å². The van der Waals surface area contributed by atoms with Crippen LogP contribution in [0.3, 0.4) is 0 Å². The third kappa shape index (κ3) is 2.46. The van der Waals surface area contributed by atoms with Crippen molar-refractivity contribution >= 4 is 23.0 Å². The highest BCUT2D eigenvalue weighted by atomic mass is 35.5. The first-order valence-corrected chi connectivity index (χ1v) is 9.66. The average molecular weight is 370 g/mol. The van der Waals surface area contributed by atoms with Gasteiger partial charge in [-0.05, 0) is 53.9 Å². The highest BCUT2D eigenvalue weighted by molar-refractivity contribution is 6.30. The standard InChI is InChI=1S/C25H20ClN/c1-25-16-6-5-15-23(25)27(20-11-3-2-4-12-20)22-14-8-13-21(24(22)25)18-9-7-10-19(26)17-18/h2-17,23H,1H3. The lowest BCUT2D eigenvalue weighted by atomic mass is 9.73. The molecular formula is C25H20ClN. The Labute approximate surface area is 165 Å². The summed E-state index contributed by atoms with van der Waals surface area (Å²) < 4.78 is 0. The Hall–Kier alpha value is -2.77. The van der Waals surface area contributed by atoms with E-state index in [0.29, 0.717) is 0 Å². The lowest BCUT2D eigenvalue weighted by molar-refractivity contribution is 0.551. The number of halogens is 1. The van der Waals surface area contributed by atoms with Gasteiger partial charge in [0.2, 0.25) is 0 Å². The molecule has 0 spiro atoms. The SMILES string of the molecule is CC12C=CC=CC1N(c1ccccc1)c1cccc(-c3cccc(Cl)c3)c12. The zero-order valence-electron chi connectivity index (χ0n) is 15.1. The zero-order chi connectivity index (χ0) is 18.4. The van der Waals surface area contributed by atoms with E-state index in [1.807, 2.05) is 12.1 Å². The van der Waals surface area contributed by atoms with Crippen LogP contribution in [-0.2, 0) is 5.41 Å². The second kappa shape index (κ2) is 6.14. The van der Waals surface area contributed by atoms with Gasteiger partial charge in [-0.1, -0.05) is 78.4 Å². The Bertz CT molecular complexity index is 1070. The number of nitrogens with zero attached hydrogens (tertiary/aromatic N) is 1. The van der Waals surface area contributed by atoms with Gasteiger partial charge in [0.1, 0.15) is 0 Å². The van der Waals surface area contributed by atoms with Gasteiger partial charge in [0.25, 0.3) is 0 Å². The Balaban J connectivity index is 1.79. The van der Waals surface area contributed by atoms with E-state index in [-0.39, 0.29) is 11.5 Å². The lowest BCUT2D eigenvalue weighted by Crippen LogP contribution is -2.39. The summed E-state index contributed by atoms with van der Waals surface area (Å²) in [4.78, 5) is 2.46. The number of hydrogen-bond acceptors (Lipinski definition) is 1. The molecule has 27 heavy (non-hydrogen) atoms. The highest BCUT2D eigenvalue weighted by Gasteiger charge is 2.47. The minimum Gasteiger partial charge on any atom is -0.333 e. The monoisotopic (exact) mass is 369 g/mol. The molecule has 0 N–H and O–H groups in total. The van der Waals surface area contributed by atoms with Gasteiger partial charge < -0.3 is 4.90 Å². The first kappa shape index (κ1) is 16.4. The molecule has 0 fully saturated rings. The van der Waals surface area contributed by atoms with Crippen LogP contribution in [0, 0.1) is 0 Å². The predicted octanol–water partition coefficient (Wildman–Crippen LogP) is 6.91. The maximum atomic E-state index is 6.31. The molecule has 0 aromatic heterocycles. The normalized spacial score (nSPS) is 22.6. The number of anilines is 2. The molecule has 0 saturated heterocycles. The molecule has 0 saturated carbocycles. The van der Waals surface area contributed by atoms with Crippen LogP contribution in [0.4, 0.5) is 11.4 Å². The summed E-state index contributed by atoms with van der Waals surface area (Å²) in [7, 11) is 0. The van der Waals surface area contributed by atoms with Gasteiger partial charge in [-0.15, -0.1) is 0 Å². The van der Waals surface area contributed by atoms with Crippen LogP contribution < -0.4 is 4.90 Å². The summed E-state index contributed by atoms with van der Waals surface area (Å²) in [5, 5.41) is 0.767. The van der Waals surface area contributed by atoms with E-state index in [9.17, 15) is 0 Å². The summed E-state index contributed by atoms with van der Waals surface area (Å²) in [6.45, 7) is 2.34. The van der Waals surface area contributed by atoms with Crippen LogP contribution in [0.2, 0.25) is 5.02 Å². The third-order valence-corrected chi connectivity index (χ3v) is 5.99. The van der Waals surface area contributed by atoms with Gasteiger partial charge >= 0.3 is 0 Å². The van der Waals surface area contributed by atoms with E-state index in [2.05, 4.69) is 96.8 Å². The number of rotatable bonds is 2.